The molecule has 0 bridgehead atoms. The summed E-state index contributed by atoms with van der Waals surface area (Å²) in [5, 5.41) is 0. The Morgan fingerprint density at radius 2 is 1.89 bits per heavy atom. The Morgan fingerprint density at radius 3 is 2.58 bits per heavy atom. The molecule has 0 unspecified atom stereocenters. The summed E-state index contributed by atoms with van der Waals surface area (Å²) in [6.45, 7) is 0.165. The summed E-state index contributed by atoms with van der Waals surface area (Å²) in [5.41, 5.74) is 6.99. The SMILES string of the molecule is NC(=NC(=O)OCc1ccccc1)c1ccccn1. The van der Waals surface area contributed by atoms with Crippen molar-refractivity contribution in [2.45, 2.75) is 6.61 Å². The lowest BCUT2D eigenvalue weighted by molar-refractivity contribution is 0.151. The largest absolute Gasteiger partial charge is 0.443 e. The van der Waals surface area contributed by atoms with Gasteiger partial charge in [0, 0.05) is 6.20 Å². The van der Waals surface area contributed by atoms with E-state index in [1.165, 1.54) is 0 Å². The first kappa shape index (κ1) is 12.8. The number of nitrogens with two attached hydrogens (primary N) is 1. The van der Waals surface area contributed by atoms with Crippen LogP contribution in [0.4, 0.5) is 4.79 Å². The monoisotopic (exact) mass is 255 g/mol. The first-order valence-corrected chi connectivity index (χ1v) is 5.72. The van der Waals surface area contributed by atoms with E-state index in [-0.39, 0.29) is 12.4 Å². The van der Waals surface area contributed by atoms with Crippen LogP contribution >= 0.6 is 0 Å². The van der Waals surface area contributed by atoms with E-state index in [0.717, 1.165) is 5.56 Å². The fraction of sp³-hybridized carbons (Fsp3) is 0.0714. The molecular weight excluding hydrogens is 242 g/mol. The highest BCUT2D eigenvalue weighted by Gasteiger charge is 2.05. The summed E-state index contributed by atoms with van der Waals surface area (Å²) in [6, 6.07) is 14.5. The van der Waals surface area contributed by atoms with Crippen LogP contribution in [0, 0.1) is 0 Å². The van der Waals surface area contributed by atoms with Gasteiger partial charge in [0.25, 0.3) is 0 Å². The van der Waals surface area contributed by atoms with Crippen LogP contribution in [0.2, 0.25) is 0 Å². The summed E-state index contributed by atoms with van der Waals surface area (Å²) in [4.78, 5) is 19.1. The molecule has 0 atom stereocenters. The Balaban J connectivity index is 1.94. The van der Waals surface area contributed by atoms with Crippen molar-refractivity contribution in [2.75, 3.05) is 0 Å². The van der Waals surface area contributed by atoms with Gasteiger partial charge in [-0.15, -0.1) is 0 Å². The quantitative estimate of drug-likeness (QED) is 0.673. The first-order valence-electron chi connectivity index (χ1n) is 5.72. The van der Waals surface area contributed by atoms with Crippen molar-refractivity contribution in [2.24, 2.45) is 10.7 Å². The summed E-state index contributed by atoms with van der Waals surface area (Å²) in [6.07, 6.45) is 0.847. The van der Waals surface area contributed by atoms with Crippen molar-refractivity contribution in [3.05, 3.63) is 66.0 Å². The van der Waals surface area contributed by atoms with Gasteiger partial charge in [-0.1, -0.05) is 36.4 Å². The van der Waals surface area contributed by atoms with Gasteiger partial charge in [0.1, 0.15) is 12.3 Å². The second-order valence-electron chi connectivity index (χ2n) is 3.75. The van der Waals surface area contributed by atoms with Crippen molar-refractivity contribution in [3.63, 3.8) is 0 Å². The van der Waals surface area contributed by atoms with E-state index >= 15 is 0 Å². The predicted octanol–water partition coefficient (Wildman–Crippen LogP) is 2.12. The highest BCUT2D eigenvalue weighted by molar-refractivity contribution is 6.01. The zero-order valence-electron chi connectivity index (χ0n) is 10.2. The normalized spacial score (nSPS) is 11.1. The Bertz CT molecular complexity index is 568. The van der Waals surface area contributed by atoms with E-state index in [9.17, 15) is 4.79 Å². The fourth-order valence-corrected chi connectivity index (χ4v) is 1.42. The number of carbonyl (C=O) groups excluding carboxylic acids is 1. The molecule has 5 nitrogen and oxygen atoms in total. The lowest BCUT2D eigenvalue weighted by atomic mass is 10.2. The predicted molar refractivity (Wildman–Crippen MR) is 71.6 cm³/mol. The summed E-state index contributed by atoms with van der Waals surface area (Å²) in [5.74, 6) is 0.0404. The van der Waals surface area contributed by atoms with Crippen LogP contribution in [0.5, 0.6) is 0 Å². The first-order chi connectivity index (χ1) is 9.25. The molecule has 1 amide bonds. The highest BCUT2D eigenvalue weighted by atomic mass is 16.5. The number of aliphatic imine (C=N–C) groups is 1. The molecular formula is C14H13N3O2. The Hall–Kier alpha value is -2.69. The second-order valence-corrected chi connectivity index (χ2v) is 3.75. The number of benzene rings is 1. The van der Waals surface area contributed by atoms with Crippen LogP contribution < -0.4 is 5.73 Å². The van der Waals surface area contributed by atoms with Gasteiger partial charge in [-0.3, -0.25) is 4.98 Å². The van der Waals surface area contributed by atoms with E-state index in [0.29, 0.717) is 5.69 Å². The van der Waals surface area contributed by atoms with Gasteiger partial charge in [0.15, 0.2) is 5.84 Å². The maximum Gasteiger partial charge on any atom is 0.435 e. The fourth-order valence-electron chi connectivity index (χ4n) is 1.42. The lowest BCUT2D eigenvalue weighted by Crippen LogP contribution is -2.17. The number of nitrogens with zero attached hydrogens (tertiary/aromatic N) is 2. The molecule has 0 aliphatic rings. The molecule has 2 N–H and O–H groups in total. The zero-order chi connectivity index (χ0) is 13.5. The van der Waals surface area contributed by atoms with Crippen LogP contribution in [-0.4, -0.2) is 16.9 Å². The van der Waals surface area contributed by atoms with E-state index in [2.05, 4.69) is 9.98 Å². The molecule has 0 spiro atoms. The molecule has 1 aromatic carbocycles. The van der Waals surface area contributed by atoms with E-state index in [4.69, 9.17) is 10.5 Å². The average molecular weight is 255 g/mol. The Morgan fingerprint density at radius 1 is 1.16 bits per heavy atom. The maximum absolute atomic E-state index is 11.5. The summed E-state index contributed by atoms with van der Waals surface area (Å²) >= 11 is 0. The molecule has 0 aliphatic heterocycles. The molecule has 2 aromatic rings. The zero-order valence-corrected chi connectivity index (χ0v) is 10.2. The van der Waals surface area contributed by atoms with Crippen LogP contribution in [0.15, 0.2) is 59.7 Å². The third-order valence-corrected chi connectivity index (χ3v) is 2.34. The smallest absolute Gasteiger partial charge is 0.435 e. The number of pyridine rings is 1. The molecule has 0 radical (unpaired) electrons. The summed E-state index contributed by atoms with van der Waals surface area (Å²) < 4.78 is 4.99. The minimum absolute atomic E-state index is 0.0404. The second kappa shape index (κ2) is 6.30. The third-order valence-electron chi connectivity index (χ3n) is 2.34. The van der Waals surface area contributed by atoms with Crippen molar-refractivity contribution in [1.29, 1.82) is 0 Å². The minimum Gasteiger partial charge on any atom is -0.443 e. The van der Waals surface area contributed by atoms with Gasteiger partial charge in [0.05, 0.1) is 0 Å². The third kappa shape index (κ3) is 3.92. The number of amides is 1. The van der Waals surface area contributed by atoms with Crippen molar-refractivity contribution in [3.8, 4) is 0 Å². The number of amidine groups is 1. The van der Waals surface area contributed by atoms with E-state index in [1.807, 2.05) is 30.3 Å². The average Bonchev–Trinajstić information content (AvgIpc) is 2.47. The molecule has 1 heterocycles. The number of rotatable bonds is 3. The minimum atomic E-state index is -0.730. The molecule has 96 valence electrons. The summed E-state index contributed by atoms with van der Waals surface area (Å²) in [7, 11) is 0. The topological polar surface area (TPSA) is 77.6 Å². The van der Waals surface area contributed by atoms with Crippen LogP contribution in [-0.2, 0) is 11.3 Å². The molecule has 19 heavy (non-hydrogen) atoms. The van der Waals surface area contributed by atoms with Crippen molar-refractivity contribution >= 4 is 11.9 Å². The van der Waals surface area contributed by atoms with Gasteiger partial charge >= 0.3 is 6.09 Å². The van der Waals surface area contributed by atoms with Gasteiger partial charge in [-0.2, -0.15) is 4.99 Å². The molecule has 0 saturated carbocycles. The number of hydrogen-bond acceptors (Lipinski definition) is 3. The number of hydrogen-bond donors (Lipinski definition) is 1. The highest BCUT2D eigenvalue weighted by Crippen LogP contribution is 2.02. The molecule has 5 heteroatoms. The van der Waals surface area contributed by atoms with Crippen molar-refractivity contribution < 1.29 is 9.53 Å². The van der Waals surface area contributed by atoms with Crippen LogP contribution in [0.3, 0.4) is 0 Å². The number of aromatic nitrogens is 1. The Kier molecular flexibility index (Phi) is 4.23. The molecule has 0 aliphatic carbocycles. The van der Waals surface area contributed by atoms with Gasteiger partial charge < -0.3 is 10.5 Å². The maximum atomic E-state index is 11.5. The van der Waals surface area contributed by atoms with E-state index in [1.54, 1.807) is 24.4 Å². The van der Waals surface area contributed by atoms with Gasteiger partial charge in [-0.05, 0) is 17.7 Å². The van der Waals surface area contributed by atoms with Gasteiger partial charge in [-0.25, -0.2) is 4.79 Å². The van der Waals surface area contributed by atoms with E-state index < -0.39 is 6.09 Å². The van der Waals surface area contributed by atoms with Crippen LogP contribution in [0.1, 0.15) is 11.3 Å². The van der Waals surface area contributed by atoms with Crippen LogP contribution in [0.25, 0.3) is 0 Å². The Labute approximate surface area is 110 Å². The molecule has 2 rings (SSSR count). The van der Waals surface area contributed by atoms with Gasteiger partial charge in [0.2, 0.25) is 0 Å². The standard InChI is InChI=1S/C14H13N3O2/c15-13(12-8-4-5-9-16-12)17-14(18)19-10-11-6-2-1-3-7-11/h1-9H,10H2,(H2,15,17,18). The number of carbonyl (C=O) groups is 1. The molecule has 0 saturated heterocycles. The molecule has 0 fully saturated rings. The van der Waals surface area contributed by atoms with Crippen molar-refractivity contribution in [1.82, 2.24) is 4.98 Å². The molecule has 1 aromatic heterocycles. The number of ether oxygens (including phenoxy) is 1. The lowest BCUT2D eigenvalue weighted by Gasteiger charge is -2.02.